The summed E-state index contributed by atoms with van der Waals surface area (Å²) in [5.41, 5.74) is 4.29. The second-order valence-electron chi connectivity index (χ2n) is 8.53. The minimum absolute atomic E-state index is 0.290. The first kappa shape index (κ1) is 24.1. The topological polar surface area (TPSA) is 44.8 Å². The highest BCUT2D eigenvalue weighted by atomic mass is 16.5. The summed E-state index contributed by atoms with van der Waals surface area (Å²) in [6.07, 6.45) is 3.16. The number of fused-ring (bicyclic) bond motifs is 1. The van der Waals surface area contributed by atoms with Crippen LogP contribution in [0.15, 0.2) is 84.9 Å². The minimum Gasteiger partial charge on any atom is -0.497 e. The molecule has 178 valence electrons. The molecule has 0 saturated heterocycles. The zero-order valence-electron chi connectivity index (χ0n) is 20.6. The van der Waals surface area contributed by atoms with Crippen LogP contribution in [0, 0.1) is 0 Å². The van der Waals surface area contributed by atoms with Crippen molar-refractivity contribution in [3.05, 3.63) is 96.1 Å². The first-order valence-electron chi connectivity index (χ1n) is 11.8. The molecule has 0 N–H and O–H groups in total. The van der Waals surface area contributed by atoms with Crippen LogP contribution in [0.5, 0.6) is 17.2 Å². The standard InChI is InChI=1S/C31H30O4/c1-5-34-29(32)18-13-22-11-14-25(15-12-22)35-31-27-17-16-26(33-4)19-24(27)20-28(21(2)3)30(31)23-9-7-6-8-10-23/h6-21H,5H2,1-4H3. The molecule has 0 saturated carbocycles. The maximum Gasteiger partial charge on any atom is 0.330 e. The molecule has 4 aromatic rings. The van der Waals surface area contributed by atoms with Gasteiger partial charge in [-0.3, -0.25) is 0 Å². The second kappa shape index (κ2) is 10.9. The van der Waals surface area contributed by atoms with Crippen molar-refractivity contribution in [3.8, 4) is 28.4 Å². The lowest BCUT2D eigenvalue weighted by Gasteiger charge is -2.21. The van der Waals surface area contributed by atoms with E-state index in [2.05, 4.69) is 38.1 Å². The van der Waals surface area contributed by atoms with Crippen molar-refractivity contribution >= 4 is 22.8 Å². The number of methoxy groups -OCH3 is 1. The molecule has 0 radical (unpaired) electrons. The van der Waals surface area contributed by atoms with Gasteiger partial charge in [0.15, 0.2) is 0 Å². The predicted molar refractivity (Wildman–Crippen MR) is 142 cm³/mol. The fraction of sp³-hybridized carbons (Fsp3) is 0.194. The summed E-state index contributed by atoms with van der Waals surface area (Å²) in [5.74, 6) is 2.28. The van der Waals surface area contributed by atoms with Crippen LogP contribution in [0.2, 0.25) is 0 Å². The number of carbonyl (C=O) groups excluding carboxylic acids is 1. The van der Waals surface area contributed by atoms with Gasteiger partial charge in [-0.2, -0.15) is 0 Å². The van der Waals surface area contributed by atoms with Gasteiger partial charge in [-0.05, 0) is 77.4 Å². The number of esters is 1. The van der Waals surface area contributed by atoms with Crippen molar-refractivity contribution in [2.45, 2.75) is 26.7 Å². The Labute approximate surface area is 206 Å². The molecule has 0 unspecified atom stereocenters. The Morgan fingerprint density at radius 2 is 1.63 bits per heavy atom. The molecule has 0 atom stereocenters. The molecular weight excluding hydrogens is 436 g/mol. The molecule has 0 aromatic heterocycles. The van der Waals surface area contributed by atoms with Crippen molar-refractivity contribution in [1.82, 2.24) is 0 Å². The molecule has 0 aliphatic carbocycles. The van der Waals surface area contributed by atoms with Crippen LogP contribution in [-0.2, 0) is 9.53 Å². The average Bonchev–Trinajstić information content (AvgIpc) is 2.88. The first-order chi connectivity index (χ1) is 17.0. The number of ether oxygens (including phenoxy) is 3. The van der Waals surface area contributed by atoms with E-state index in [4.69, 9.17) is 14.2 Å². The van der Waals surface area contributed by atoms with E-state index in [1.807, 2.05) is 54.6 Å². The molecule has 0 bridgehead atoms. The van der Waals surface area contributed by atoms with E-state index >= 15 is 0 Å². The van der Waals surface area contributed by atoms with Gasteiger partial charge < -0.3 is 14.2 Å². The number of rotatable bonds is 8. The summed E-state index contributed by atoms with van der Waals surface area (Å²) in [6.45, 7) is 6.54. The molecule has 0 amide bonds. The minimum atomic E-state index is -0.354. The molecule has 0 spiro atoms. The van der Waals surface area contributed by atoms with Crippen LogP contribution in [-0.4, -0.2) is 19.7 Å². The summed E-state index contributed by atoms with van der Waals surface area (Å²) in [4.78, 5) is 11.6. The van der Waals surface area contributed by atoms with Gasteiger partial charge in [0.05, 0.1) is 13.7 Å². The Morgan fingerprint density at radius 1 is 0.914 bits per heavy atom. The molecular formula is C31H30O4. The Kier molecular flexibility index (Phi) is 7.51. The van der Waals surface area contributed by atoms with E-state index in [1.54, 1.807) is 20.1 Å². The first-order valence-corrected chi connectivity index (χ1v) is 11.8. The number of hydrogen-bond acceptors (Lipinski definition) is 4. The third-order valence-electron chi connectivity index (χ3n) is 5.81. The lowest BCUT2D eigenvalue weighted by molar-refractivity contribution is -0.137. The molecule has 0 aliphatic rings. The van der Waals surface area contributed by atoms with Crippen LogP contribution in [0.25, 0.3) is 28.0 Å². The molecule has 4 aromatic carbocycles. The smallest absolute Gasteiger partial charge is 0.330 e. The van der Waals surface area contributed by atoms with E-state index < -0.39 is 0 Å². The van der Waals surface area contributed by atoms with Crippen LogP contribution in [0.4, 0.5) is 0 Å². The summed E-state index contributed by atoms with van der Waals surface area (Å²) in [7, 11) is 1.68. The lowest BCUT2D eigenvalue weighted by Crippen LogP contribution is -1.99. The number of carbonyl (C=O) groups is 1. The van der Waals surface area contributed by atoms with Crippen molar-refractivity contribution in [2.75, 3.05) is 13.7 Å². The Bertz CT molecular complexity index is 1340. The Morgan fingerprint density at radius 3 is 2.29 bits per heavy atom. The third-order valence-corrected chi connectivity index (χ3v) is 5.81. The van der Waals surface area contributed by atoms with Crippen LogP contribution in [0.3, 0.4) is 0 Å². The normalized spacial score (nSPS) is 11.2. The SMILES string of the molecule is CCOC(=O)C=Cc1ccc(Oc2c(-c3ccccc3)c(C(C)C)cc3cc(OC)ccc23)cc1. The van der Waals surface area contributed by atoms with Gasteiger partial charge >= 0.3 is 5.97 Å². The van der Waals surface area contributed by atoms with E-state index in [0.29, 0.717) is 18.3 Å². The van der Waals surface area contributed by atoms with Crippen molar-refractivity contribution in [3.63, 3.8) is 0 Å². The Balaban J connectivity index is 1.81. The Hall–Kier alpha value is -4.05. The van der Waals surface area contributed by atoms with Crippen LogP contribution < -0.4 is 9.47 Å². The number of benzene rings is 4. The fourth-order valence-corrected chi connectivity index (χ4v) is 4.08. The molecule has 0 fully saturated rings. The van der Waals surface area contributed by atoms with Crippen LogP contribution >= 0.6 is 0 Å². The summed E-state index contributed by atoms with van der Waals surface area (Å²) >= 11 is 0. The molecule has 0 aliphatic heterocycles. The second-order valence-corrected chi connectivity index (χ2v) is 8.53. The highest BCUT2D eigenvalue weighted by molar-refractivity contribution is 5.98. The largest absolute Gasteiger partial charge is 0.497 e. The maximum atomic E-state index is 11.6. The van der Waals surface area contributed by atoms with Crippen molar-refractivity contribution < 1.29 is 19.0 Å². The summed E-state index contributed by atoms with van der Waals surface area (Å²) < 4.78 is 17.0. The van der Waals surface area contributed by atoms with E-state index in [1.165, 1.54) is 11.6 Å². The van der Waals surface area contributed by atoms with Crippen molar-refractivity contribution in [2.24, 2.45) is 0 Å². The highest BCUT2D eigenvalue weighted by Crippen LogP contribution is 2.45. The average molecular weight is 467 g/mol. The summed E-state index contributed by atoms with van der Waals surface area (Å²) in [5, 5.41) is 2.08. The maximum absolute atomic E-state index is 11.6. The predicted octanol–water partition coefficient (Wildman–Crippen LogP) is 8.01. The van der Waals surface area contributed by atoms with Gasteiger partial charge in [0, 0.05) is 17.0 Å². The lowest BCUT2D eigenvalue weighted by atomic mass is 9.88. The van der Waals surface area contributed by atoms with Gasteiger partial charge in [0.2, 0.25) is 0 Å². The number of hydrogen-bond donors (Lipinski definition) is 0. The molecule has 35 heavy (non-hydrogen) atoms. The van der Waals surface area contributed by atoms with Gasteiger partial charge in [-0.25, -0.2) is 4.79 Å². The zero-order valence-corrected chi connectivity index (χ0v) is 20.6. The van der Waals surface area contributed by atoms with Gasteiger partial charge in [-0.1, -0.05) is 56.3 Å². The van der Waals surface area contributed by atoms with E-state index in [0.717, 1.165) is 39.0 Å². The quantitative estimate of drug-likeness (QED) is 0.195. The van der Waals surface area contributed by atoms with Gasteiger partial charge in [0.25, 0.3) is 0 Å². The molecule has 4 heteroatoms. The van der Waals surface area contributed by atoms with E-state index in [9.17, 15) is 4.79 Å². The highest BCUT2D eigenvalue weighted by Gasteiger charge is 2.19. The zero-order chi connectivity index (χ0) is 24.8. The van der Waals surface area contributed by atoms with Crippen molar-refractivity contribution in [1.29, 1.82) is 0 Å². The summed E-state index contributed by atoms with van der Waals surface area (Å²) in [6, 6.07) is 26.3. The van der Waals surface area contributed by atoms with Gasteiger partial charge in [0.1, 0.15) is 17.2 Å². The molecule has 4 nitrogen and oxygen atoms in total. The van der Waals surface area contributed by atoms with Gasteiger partial charge in [-0.15, -0.1) is 0 Å². The van der Waals surface area contributed by atoms with E-state index in [-0.39, 0.29) is 5.97 Å². The monoisotopic (exact) mass is 466 g/mol. The van der Waals surface area contributed by atoms with Crippen LogP contribution in [0.1, 0.15) is 37.8 Å². The fourth-order valence-electron chi connectivity index (χ4n) is 4.08. The molecule has 4 rings (SSSR count). The third kappa shape index (κ3) is 5.55. The molecule has 0 heterocycles.